The largest absolute Gasteiger partial charge is 0.478 e. The summed E-state index contributed by atoms with van der Waals surface area (Å²) in [6, 6.07) is 9.15. The summed E-state index contributed by atoms with van der Waals surface area (Å²) in [4.78, 5) is 16.0. The van der Waals surface area contributed by atoms with E-state index >= 15 is 0 Å². The van der Waals surface area contributed by atoms with Crippen LogP contribution in [0.3, 0.4) is 0 Å². The zero-order chi connectivity index (χ0) is 13.9. The summed E-state index contributed by atoms with van der Waals surface area (Å²) in [5.74, 6) is 0.928. The Hall–Kier alpha value is -1.55. The van der Waals surface area contributed by atoms with E-state index in [2.05, 4.69) is 4.98 Å². The van der Waals surface area contributed by atoms with Crippen LogP contribution in [-0.4, -0.2) is 21.8 Å². The maximum atomic E-state index is 11.4. The number of carboxylic acids is 1. The van der Waals surface area contributed by atoms with Gasteiger partial charge in [-0.25, -0.2) is 9.78 Å². The lowest BCUT2D eigenvalue weighted by atomic mass is 10.1. The number of aromatic nitrogens is 1. The molecule has 1 aliphatic carbocycles. The summed E-state index contributed by atoms with van der Waals surface area (Å²) in [6.07, 6.45) is 5.26. The number of carbonyl (C=O) groups is 1. The smallest absolute Gasteiger partial charge is 0.336 e. The van der Waals surface area contributed by atoms with E-state index in [0.29, 0.717) is 10.9 Å². The van der Waals surface area contributed by atoms with Crippen LogP contribution in [-0.2, 0) is 0 Å². The highest BCUT2D eigenvalue weighted by molar-refractivity contribution is 7.99. The summed E-state index contributed by atoms with van der Waals surface area (Å²) >= 11 is 1.69. The Balaban J connectivity index is 1.88. The maximum Gasteiger partial charge on any atom is 0.336 e. The quantitative estimate of drug-likeness (QED) is 0.856. The van der Waals surface area contributed by atoms with E-state index in [-0.39, 0.29) is 0 Å². The summed E-state index contributed by atoms with van der Waals surface area (Å²) in [5, 5.41) is 10.9. The number of hydrogen-bond acceptors (Lipinski definition) is 3. The first kappa shape index (κ1) is 13.4. The van der Waals surface area contributed by atoms with Crippen molar-refractivity contribution in [2.24, 2.45) is 5.92 Å². The van der Waals surface area contributed by atoms with Crippen LogP contribution in [0, 0.1) is 5.92 Å². The molecule has 4 heteroatoms. The molecule has 3 rings (SSSR count). The van der Waals surface area contributed by atoms with Crippen molar-refractivity contribution in [1.82, 2.24) is 4.98 Å². The van der Waals surface area contributed by atoms with Crippen molar-refractivity contribution in [3.63, 3.8) is 0 Å². The Kier molecular flexibility index (Phi) is 3.92. The second-order valence-electron chi connectivity index (χ2n) is 5.29. The summed E-state index contributed by atoms with van der Waals surface area (Å²) in [5.41, 5.74) is 1.12. The summed E-state index contributed by atoms with van der Waals surface area (Å²) < 4.78 is 0. The fraction of sp³-hybridized carbons (Fsp3) is 0.375. The van der Waals surface area contributed by atoms with Crippen LogP contribution < -0.4 is 0 Å². The minimum absolute atomic E-state index is 0.351. The Morgan fingerprint density at radius 3 is 2.80 bits per heavy atom. The van der Waals surface area contributed by atoms with Crippen LogP contribution in [0.25, 0.3) is 10.9 Å². The van der Waals surface area contributed by atoms with E-state index in [9.17, 15) is 9.90 Å². The van der Waals surface area contributed by atoms with Crippen LogP contribution in [0.15, 0.2) is 35.4 Å². The molecule has 0 aliphatic heterocycles. The minimum atomic E-state index is -0.883. The number of nitrogens with zero attached hydrogens (tertiary/aromatic N) is 1. The van der Waals surface area contributed by atoms with Gasteiger partial charge in [-0.1, -0.05) is 31.0 Å². The highest BCUT2D eigenvalue weighted by Crippen LogP contribution is 2.31. The number of thioether (sulfide) groups is 1. The third-order valence-electron chi connectivity index (χ3n) is 3.86. The number of pyridine rings is 1. The highest BCUT2D eigenvalue weighted by Gasteiger charge is 2.17. The van der Waals surface area contributed by atoms with E-state index in [1.54, 1.807) is 17.8 Å². The molecule has 0 spiro atoms. The molecule has 1 heterocycles. The zero-order valence-electron chi connectivity index (χ0n) is 11.2. The molecule has 104 valence electrons. The lowest BCUT2D eigenvalue weighted by Gasteiger charge is -2.09. The van der Waals surface area contributed by atoms with Gasteiger partial charge in [-0.05, 0) is 30.9 Å². The van der Waals surface area contributed by atoms with Crippen molar-refractivity contribution in [1.29, 1.82) is 0 Å². The topological polar surface area (TPSA) is 50.2 Å². The van der Waals surface area contributed by atoms with Gasteiger partial charge in [-0.2, -0.15) is 0 Å². The predicted molar refractivity (Wildman–Crippen MR) is 81.4 cm³/mol. The van der Waals surface area contributed by atoms with E-state index in [1.165, 1.54) is 25.7 Å². The lowest BCUT2D eigenvalue weighted by Crippen LogP contribution is -2.01. The van der Waals surface area contributed by atoms with Crippen LogP contribution in [0.5, 0.6) is 0 Å². The van der Waals surface area contributed by atoms with Crippen molar-refractivity contribution in [2.45, 2.75) is 30.7 Å². The van der Waals surface area contributed by atoms with Gasteiger partial charge in [0.1, 0.15) is 0 Å². The van der Waals surface area contributed by atoms with Gasteiger partial charge < -0.3 is 5.11 Å². The van der Waals surface area contributed by atoms with Gasteiger partial charge in [-0.3, -0.25) is 0 Å². The minimum Gasteiger partial charge on any atom is -0.478 e. The van der Waals surface area contributed by atoms with E-state index in [4.69, 9.17) is 0 Å². The standard InChI is InChI=1S/C16H17NO2S/c18-16(19)13-9-15(20-10-11-5-1-2-6-11)17-14-8-4-3-7-12(13)14/h3-4,7-9,11H,1-2,5-6,10H2,(H,18,19). The number of benzene rings is 1. The number of hydrogen-bond donors (Lipinski definition) is 1. The molecule has 1 fully saturated rings. The lowest BCUT2D eigenvalue weighted by molar-refractivity contribution is 0.0698. The maximum absolute atomic E-state index is 11.4. The molecule has 0 amide bonds. The fourth-order valence-electron chi connectivity index (χ4n) is 2.78. The average Bonchev–Trinajstić information content (AvgIpc) is 2.97. The second kappa shape index (κ2) is 5.83. The van der Waals surface area contributed by atoms with E-state index in [1.807, 2.05) is 24.3 Å². The van der Waals surface area contributed by atoms with Gasteiger partial charge in [0.2, 0.25) is 0 Å². The van der Waals surface area contributed by atoms with Crippen LogP contribution in [0.4, 0.5) is 0 Å². The normalized spacial score (nSPS) is 15.8. The number of aromatic carboxylic acids is 1. The monoisotopic (exact) mass is 287 g/mol. The molecule has 1 aromatic carbocycles. The number of para-hydroxylation sites is 1. The van der Waals surface area contributed by atoms with E-state index < -0.39 is 5.97 Å². The SMILES string of the molecule is O=C(O)c1cc(SCC2CCCC2)nc2ccccc12. The molecule has 0 atom stereocenters. The third kappa shape index (κ3) is 2.80. The molecule has 0 radical (unpaired) electrons. The number of fused-ring (bicyclic) bond motifs is 1. The second-order valence-corrected chi connectivity index (χ2v) is 6.33. The van der Waals surface area contributed by atoms with Crippen LogP contribution in [0.2, 0.25) is 0 Å². The molecule has 0 unspecified atom stereocenters. The number of carboxylic acid groups (broad SMARTS) is 1. The van der Waals surface area contributed by atoms with Crippen LogP contribution >= 0.6 is 11.8 Å². The predicted octanol–water partition coefficient (Wildman–Crippen LogP) is 4.22. The molecular weight excluding hydrogens is 270 g/mol. The van der Waals surface area contributed by atoms with Gasteiger partial charge in [0, 0.05) is 11.1 Å². The van der Waals surface area contributed by atoms with Crippen molar-refractivity contribution in [3.05, 3.63) is 35.9 Å². The molecule has 20 heavy (non-hydrogen) atoms. The Bertz CT molecular complexity index is 635. The van der Waals surface area contributed by atoms with E-state index in [0.717, 1.165) is 22.2 Å². The molecule has 1 aliphatic rings. The summed E-state index contributed by atoms with van der Waals surface area (Å²) in [7, 11) is 0. The Labute approximate surface area is 122 Å². The van der Waals surface area contributed by atoms with Crippen LogP contribution in [0.1, 0.15) is 36.0 Å². The highest BCUT2D eigenvalue weighted by atomic mass is 32.2. The molecule has 2 aromatic rings. The molecule has 1 N–H and O–H groups in total. The zero-order valence-corrected chi connectivity index (χ0v) is 12.0. The van der Waals surface area contributed by atoms with Gasteiger partial charge >= 0.3 is 5.97 Å². The van der Waals surface area contributed by atoms with Gasteiger partial charge in [0.15, 0.2) is 0 Å². The first-order valence-corrected chi connectivity index (χ1v) is 7.98. The van der Waals surface area contributed by atoms with Gasteiger partial charge in [0.25, 0.3) is 0 Å². The third-order valence-corrected chi connectivity index (χ3v) is 5.01. The molecule has 1 saturated carbocycles. The van der Waals surface area contributed by atoms with Crippen molar-refractivity contribution < 1.29 is 9.90 Å². The van der Waals surface area contributed by atoms with Crippen molar-refractivity contribution in [2.75, 3.05) is 5.75 Å². The summed E-state index contributed by atoms with van der Waals surface area (Å²) in [6.45, 7) is 0. The molecular formula is C16H17NO2S. The molecule has 0 saturated heterocycles. The first-order chi connectivity index (χ1) is 9.74. The van der Waals surface area contributed by atoms with Crippen molar-refractivity contribution in [3.8, 4) is 0 Å². The Morgan fingerprint density at radius 1 is 1.30 bits per heavy atom. The first-order valence-electron chi connectivity index (χ1n) is 7.00. The van der Waals surface area contributed by atoms with Gasteiger partial charge in [0.05, 0.1) is 16.1 Å². The molecule has 1 aromatic heterocycles. The fourth-order valence-corrected chi connectivity index (χ4v) is 3.89. The Morgan fingerprint density at radius 2 is 2.05 bits per heavy atom. The number of rotatable bonds is 4. The molecule has 0 bridgehead atoms. The van der Waals surface area contributed by atoms with Gasteiger partial charge in [-0.15, -0.1) is 11.8 Å². The average molecular weight is 287 g/mol. The molecule has 3 nitrogen and oxygen atoms in total. The van der Waals surface area contributed by atoms with Crippen molar-refractivity contribution >= 4 is 28.6 Å².